The smallest absolute Gasteiger partial charge is 0.193 e. The summed E-state index contributed by atoms with van der Waals surface area (Å²) in [6, 6.07) is 6.97. The third kappa shape index (κ3) is 6.67. The van der Waals surface area contributed by atoms with E-state index in [4.69, 9.17) is 5.73 Å². The normalized spacial score (nSPS) is 19.3. The van der Waals surface area contributed by atoms with Gasteiger partial charge in [-0.15, -0.1) is 24.0 Å². The molecule has 0 aliphatic carbocycles. The second-order valence-corrected chi connectivity index (χ2v) is 6.43. The minimum Gasteiger partial charge on any atom is -0.370 e. The van der Waals surface area contributed by atoms with Gasteiger partial charge in [-0.25, -0.2) is 0 Å². The number of piperidine rings is 1. The number of nitrogens with zero attached hydrogens (tertiary/aromatic N) is 2. The number of aliphatic imine (C=N–C) groups is 1. The molecule has 2 rings (SSSR count). The molecule has 1 fully saturated rings. The fourth-order valence-electron chi connectivity index (χ4n) is 2.97. The van der Waals surface area contributed by atoms with E-state index >= 15 is 0 Å². The Balaban J connectivity index is 0.00000264. The van der Waals surface area contributed by atoms with Crippen molar-refractivity contribution in [3.8, 4) is 0 Å². The van der Waals surface area contributed by atoms with Crippen LogP contribution in [0, 0.1) is 13.8 Å². The van der Waals surface area contributed by atoms with Gasteiger partial charge in [0.25, 0.3) is 0 Å². The van der Waals surface area contributed by atoms with Crippen LogP contribution in [0.3, 0.4) is 0 Å². The first-order valence-electron chi connectivity index (χ1n) is 8.44. The average Bonchev–Trinajstić information content (AvgIpc) is 2.49. The van der Waals surface area contributed by atoms with E-state index in [9.17, 15) is 0 Å². The second-order valence-electron chi connectivity index (χ2n) is 6.43. The van der Waals surface area contributed by atoms with Gasteiger partial charge in [0, 0.05) is 24.8 Å². The molecular formula is C18H31IN4. The van der Waals surface area contributed by atoms with Crippen molar-refractivity contribution >= 4 is 35.6 Å². The molecule has 3 N–H and O–H groups in total. The quantitative estimate of drug-likeness (QED) is 0.322. The monoisotopic (exact) mass is 430 g/mol. The first-order valence-corrected chi connectivity index (χ1v) is 8.44. The molecule has 5 heteroatoms. The van der Waals surface area contributed by atoms with Crippen molar-refractivity contribution < 1.29 is 0 Å². The van der Waals surface area contributed by atoms with Crippen LogP contribution in [0.2, 0.25) is 0 Å². The van der Waals surface area contributed by atoms with Crippen LogP contribution in [0.4, 0.5) is 5.69 Å². The Bertz CT molecular complexity index is 516. The van der Waals surface area contributed by atoms with Crippen LogP contribution >= 0.6 is 24.0 Å². The molecule has 130 valence electrons. The van der Waals surface area contributed by atoms with Crippen LogP contribution in [-0.2, 0) is 0 Å². The van der Waals surface area contributed by atoms with Gasteiger partial charge >= 0.3 is 0 Å². The van der Waals surface area contributed by atoms with Crippen molar-refractivity contribution in [2.24, 2.45) is 10.7 Å². The highest BCUT2D eigenvalue weighted by molar-refractivity contribution is 14.0. The molecule has 0 radical (unpaired) electrons. The molecule has 1 aromatic rings. The largest absolute Gasteiger partial charge is 0.370 e. The lowest BCUT2D eigenvalue weighted by Crippen LogP contribution is -2.38. The van der Waals surface area contributed by atoms with Crippen molar-refractivity contribution in [1.82, 2.24) is 4.90 Å². The summed E-state index contributed by atoms with van der Waals surface area (Å²) in [7, 11) is 0. The third-order valence-electron chi connectivity index (χ3n) is 4.61. The van der Waals surface area contributed by atoms with Gasteiger partial charge in [-0.05, 0) is 69.8 Å². The van der Waals surface area contributed by atoms with Gasteiger partial charge in [0.05, 0.1) is 0 Å². The minimum absolute atomic E-state index is 0. The van der Waals surface area contributed by atoms with E-state index in [1.54, 1.807) is 0 Å². The van der Waals surface area contributed by atoms with Crippen molar-refractivity contribution in [2.75, 3.05) is 25.0 Å². The topological polar surface area (TPSA) is 53.6 Å². The van der Waals surface area contributed by atoms with E-state index in [1.807, 2.05) is 6.07 Å². The summed E-state index contributed by atoms with van der Waals surface area (Å²) in [5, 5.41) is 3.17. The van der Waals surface area contributed by atoms with Crippen LogP contribution in [0.15, 0.2) is 23.2 Å². The molecule has 0 amide bonds. The summed E-state index contributed by atoms with van der Waals surface area (Å²) >= 11 is 0. The van der Waals surface area contributed by atoms with Gasteiger partial charge in [0.2, 0.25) is 0 Å². The molecule has 0 aromatic heterocycles. The van der Waals surface area contributed by atoms with E-state index in [-0.39, 0.29) is 24.0 Å². The SMILES string of the molecule is Cc1ccc(NC(N)=NCCCN2CCCCC2C)cc1C.I. The maximum Gasteiger partial charge on any atom is 0.193 e. The molecule has 0 saturated carbocycles. The fourth-order valence-corrected chi connectivity index (χ4v) is 2.97. The van der Waals surface area contributed by atoms with Crippen LogP contribution in [-0.4, -0.2) is 36.5 Å². The van der Waals surface area contributed by atoms with E-state index < -0.39 is 0 Å². The highest BCUT2D eigenvalue weighted by atomic mass is 127. The van der Waals surface area contributed by atoms with Crippen molar-refractivity contribution in [3.63, 3.8) is 0 Å². The molecule has 1 aliphatic heterocycles. The first kappa shape index (κ1) is 20.2. The summed E-state index contributed by atoms with van der Waals surface area (Å²) < 4.78 is 0. The van der Waals surface area contributed by atoms with Crippen molar-refractivity contribution in [3.05, 3.63) is 29.3 Å². The van der Waals surface area contributed by atoms with Gasteiger partial charge < -0.3 is 16.0 Å². The number of rotatable bonds is 5. The van der Waals surface area contributed by atoms with Gasteiger partial charge in [0.1, 0.15) is 0 Å². The maximum absolute atomic E-state index is 5.97. The number of likely N-dealkylation sites (tertiary alicyclic amines) is 1. The van der Waals surface area contributed by atoms with Gasteiger partial charge in [-0.1, -0.05) is 12.5 Å². The molecule has 1 heterocycles. The van der Waals surface area contributed by atoms with Gasteiger partial charge in [-0.3, -0.25) is 4.99 Å². The van der Waals surface area contributed by atoms with Crippen LogP contribution in [0.5, 0.6) is 0 Å². The highest BCUT2D eigenvalue weighted by Gasteiger charge is 2.16. The summed E-state index contributed by atoms with van der Waals surface area (Å²) in [5.41, 5.74) is 9.52. The van der Waals surface area contributed by atoms with Crippen LogP contribution < -0.4 is 11.1 Å². The minimum atomic E-state index is 0. The Labute approximate surface area is 157 Å². The molecule has 1 saturated heterocycles. The molecule has 23 heavy (non-hydrogen) atoms. The Hall–Kier alpha value is -0.820. The van der Waals surface area contributed by atoms with Crippen molar-refractivity contribution in [1.29, 1.82) is 0 Å². The molecule has 0 spiro atoms. The number of aryl methyl sites for hydroxylation is 2. The van der Waals surface area contributed by atoms with Crippen LogP contribution in [0.1, 0.15) is 43.7 Å². The summed E-state index contributed by atoms with van der Waals surface area (Å²) in [5.74, 6) is 0.509. The Morgan fingerprint density at radius 2 is 2.09 bits per heavy atom. The lowest BCUT2D eigenvalue weighted by molar-refractivity contribution is 0.160. The molecule has 0 bridgehead atoms. The second kappa shape index (κ2) is 10.1. The number of guanidine groups is 1. The number of benzene rings is 1. The third-order valence-corrected chi connectivity index (χ3v) is 4.61. The summed E-state index contributed by atoms with van der Waals surface area (Å²) in [4.78, 5) is 7.01. The standard InChI is InChI=1S/C18H30N4.HI/c1-14-8-9-17(13-15(14)2)21-18(19)20-10-6-12-22-11-5-4-7-16(22)3;/h8-9,13,16H,4-7,10-12H2,1-3H3,(H3,19,20,21);1H. The molecular weight excluding hydrogens is 399 g/mol. The average molecular weight is 430 g/mol. The number of hydrogen-bond acceptors (Lipinski definition) is 2. The number of nitrogens with one attached hydrogen (secondary N) is 1. The Morgan fingerprint density at radius 3 is 2.78 bits per heavy atom. The van der Waals surface area contributed by atoms with E-state index in [0.29, 0.717) is 5.96 Å². The maximum atomic E-state index is 5.97. The number of hydrogen-bond donors (Lipinski definition) is 2. The molecule has 1 aliphatic rings. The number of nitrogens with two attached hydrogens (primary N) is 1. The Kier molecular flexibility index (Phi) is 8.91. The first-order chi connectivity index (χ1) is 10.6. The van der Waals surface area contributed by atoms with Gasteiger partial charge in [0.15, 0.2) is 5.96 Å². The number of halogens is 1. The molecule has 1 atom stereocenters. The van der Waals surface area contributed by atoms with Gasteiger partial charge in [-0.2, -0.15) is 0 Å². The molecule has 1 aromatic carbocycles. The lowest BCUT2D eigenvalue weighted by atomic mass is 10.0. The molecule has 1 unspecified atom stereocenters. The van der Waals surface area contributed by atoms with Crippen LogP contribution in [0.25, 0.3) is 0 Å². The van der Waals surface area contributed by atoms with E-state index in [2.05, 4.69) is 48.1 Å². The molecule has 4 nitrogen and oxygen atoms in total. The predicted octanol–water partition coefficient (Wildman–Crippen LogP) is 3.91. The predicted molar refractivity (Wildman–Crippen MR) is 111 cm³/mol. The summed E-state index contributed by atoms with van der Waals surface area (Å²) in [6.45, 7) is 9.69. The zero-order valence-corrected chi connectivity index (χ0v) is 17.0. The Morgan fingerprint density at radius 1 is 1.30 bits per heavy atom. The van der Waals surface area contributed by atoms with Crippen molar-refractivity contribution in [2.45, 2.75) is 52.5 Å². The summed E-state index contributed by atoms with van der Waals surface area (Å²) in [6.07, 6.45) is 5.12. The zero-order valence-electron chi connectivity index (χ0n) is 14.6. The zero-order chi connectivity index (χ0) is 15.9. The highest BCUT2D eigenvalue weighted by Crippen LogP contribution is 2.16. The van der Waals surface area contributed by atoms with E-state index in [1.165, 1.54) is 36.9 Å². The number of anilines is 1. The van der Waals surface area contributed by atoms with E-state index in [0.717, 1.165) is 31.2 Å². The fraction of sp³-hybridized carbons (Fsp3) is 0.611. The lowest BCUT2D eigenvalue weighted by Gasteiger charge is -2.33.